The fraction of sp³-hybridized carbons (Fsp3) is 0.538. The number of hydrogen-bond acceptors (Lipinski definition) is 3. The van der Waals surface area contributed by atoms with Crippen LogP contribution in [0.15, 0.2) is 18.2 Å². The summed E-state index contributed by atoms with van der Waals surface area (Å²) in [5, 5.41) is 0. The fourth-order valence-corrected chi connectivity index (χ4v) is 2.76. The van der Waals surface area contributed by atoms with Crippen LogP contribution in [0.2, 0.25) is 0 Å². The number of likely N-dealkylation sites (tertiary alicyclic amines) is 1. The Balaban J connectivity index is 1.84. The number of anilines is 1. The van der Waals surface area contributed by atoms with Crippen LogP contribution in [0.4, 0.5) is 5.69 Å². The number of fused-ring (bicyclic) bond motifs is 1. The van der Waals surface area contributed by atoms with Crippen molar-refractivity contribution in [3.05, 3.63) is 23.8 Å². The van der Waals surface area contributed by atoms with E-state index in [4.69, 9.17) is 10.5 Å². The van der Waals surface area contributed by atoms with Gasteiger partial charge in [-0.2, -0.15) is 0 Å². The van der Waals surface area contributed by atoms with E-state index in [1.165, 1.54) is 5.56 Å². The highest BCUT2D eigenvalue weighted by atomic mass is 16.5. The smallest absolute Gasteiger partial charge is 0.123 e. The molecule has 0 aliphatic carbocycles. The minimum Gasteiger partial charge on any atom is -0.487 e. The molecule has 3 nitrogen and oxygen atoms in total. The van der Waals surface area contributed by atoms with Gasteiger partial charge in [-0.05, 0) is 25.2 Å². The molecule has 0 bridgehead atoms. The van der Waals surface area contributed by atoms with Gasteiger partial charge in [0.25, 0.3) is 0 Å². The predicted octanol–water partition coefficient (Wildman–Crippen LogP) is 1.67. The standard InChI is InChI=1S/C13H18N2O/c1-15-6-4-13(5-7-15)9-10-8-11(14)2-3-12(10)16-13/h2-3,8H,4-7,9,14H2,1H3. The van der Waals surface area contributed by atoms with Crippen molar-refractivity contribution in [2.75, 3.05) is 25.9 Å². The van der Waals surface area contributed by atoms with E-state index in [-0.39, 0.29) is 5.60 Å². The molecule has 16 heavy (non-hydrogen) atoms. The lowest BCUT2D eigenvalue weighted by Crippen LogP contribution is -2.45. The summed E-state index contributed by atoms with van der Waals surface area (Å²) in [6.07, 6.45) is 3.28. The van der Waals surface area contributed by atoms with Crippen LogP contribution in [0.25, 0.3) is 0 Å². The molecule has 3 rings (SSSR count). The third-order valence-corrected chi connectivity index (χ3v) is 3.82. The number of hydrogen-bond donors (Lipinski definition) is 1. The zero-order valence-corrected chi connectivity index (χ0v) is 9.70. The number of nitrogens with zero attached hydrogens (tertiary/aromatic N) is 1. The molecule has 0 atom stereocenters. The number of ether oxygens (including phenoxy) is 1. The van der Waals surface area contributed by atoms with Crippen LogP contribution >= 0.6 is 0 Å². The van der Waals surface area contributed by atoms with Gasteiger partial charge in [0.15, 0.2) is 0 Å². The first kappa shape index (κ1) is 9.97. The molecular weight excluding hydrogens is 200 g/mol. The van der Waals surface area contributed by atoms with Crippen molar-refractivity contribution >= 4 is 5.69 Å². The maximum absolute atomic E-state index is 6.16. The molecule has 1 aromatic carbocycles. The Labute approximate surface area is 96.2 Å². The SMILES string of the molecule is CN1CCC2(CC1)Cc1cc(N)ccc1O2. The van der Waals surface area contributed by atoms with Gasteiger partial charge in [-0.15, -0.1) is 0 Å². The van der Waals surface area contributed by atoms with E-state index in [0.717, 1.165) is 43.8 Å². The second kappa shape index (κ2) is 3.39. The molecule has 2 N–H and O–H groups in total. The summed E-state index contributed by atoms with van der Waals surface area (Å²) in [7, 11) is 2.17. The molecule has 0 saturated carbocycles. The summed E-state index contributed by atoms with van der Waals surface area (Å²) in [5.41, 5.74) is 7.99. The van der Waals surface area contributed by atoms with Gasteiger partial charge in [0.1, 0.15) is 11.4 Å². The molecule has 0 radical (unpaired) electrons. The van der Waals surface area contributed by atoms with Gasteiger partial charge in [-0.25, -0.2) is 0 Å². The van der Waals surface area contributed by atoms with Crippen molar-refractivity contribution in [1.29, 1.82) is 0 Å². The second-order valence-corrected chi connectivity index (χ2v) is 5.13. The molecule has 2 aliphatic rings. The Hall–Kier alpha value is -1.22. The Bertz CT molecular complexity index is 408. The highest BCUT2D eigenvalue weighted by Gasteiger charge is 2.41. The lowest BCUT2D eigenvalue weighted by Gasteiger charge is -2.37. The van der Waals surface area contributed by atoms with Crippen molar-refractivity contribution in [2.45, 2.75) is 24.9 Å². The summed E-state index contributed by atoms with van der Waals surface area (Å²) in [6.45, 7) is 2.26. The maximum Gasteiger partial charge on any atom is 0.123 e. The molecule has 0 amide bonds. The minimum absolute atomic E-state index is 0.0582. The average Bonchev–Trinajstić information content (AvgIpc) is 2.60. The number of rotatable bonds is 0. The summed E-state index contributed by atoms with van der Waals surface area (Å²) in [4.78, 5) is 2.37. The van der Waals surface area contributed by atoms with Gasteiger partial charge in [-0.1, -0.05) is 0 Å². The van der Waals surface area contributed by atoms with Crippen LogP contribution < -0.4 is 10.5 Å². The fourth-order valence-electron chi connectivity index (χ4n) is 2.76. The highest BCUT2D eigenvalue weighted by molar-refractivity contribution is 5.50. The van der Waals surface area contributed by atoms with Gasteiger partial charge in [0, 0.05) is 43.6 Å². The van der Waals surface area contributed by atoms with E-state index in [2.05, 4.69) is 18.0 Å². The number of nitrogen functional groups attached to an aromatic ring is 1. The summed E-state index contributed by atoms with van der Waals surface area (Å²) >= 11 is 0. The molecular formula is C13H18N2O. The normalized spacial score (nSPS) is 23.1. The molecule has 2 heterocycles. The highest BCUT2D eigenvalue weighted by Crippen LogP contribution is 2.41. The first-order valence-corrected chi connectivity index (χ1v) is 5.93. The molecule has 1 aromatic rings. The Kier molecular flexibility index (Phi) is 2.11. The van der Waals surface area contributed by atoms with Gasteiger partial charge in [0.05, 0.1) is 0 Å². The van der Waals surface area contributed by atoms with Crippen LogP contribution in [0, 0.1) is 0 Å². The molecule has 1 spiro atoms. The monoisotopic (exact) mass is 218 g/mol. The van der Waals surface area contributed by atoms with Crippen LogP contribution in [-0.4, -0.2) is 30.6 Å². The molecule has 86 valence electrons. The molecule has 3 heteroatoms. The van der Waals surface area contributed by atoms with Crippen molar-refractivity contribution in [3.63, 3.8) is 0 Å². The summed E-state index contributed by atoms with van der Waals surface area (Å²) < 4.78 is 6.16. The van der Waals surface area contributed by atoms with Gasteiger partial charge < -0.3 is 15.4 Å². The number of nitrogens with two attached hydrogens (primary N) is 1. The molecule has 0 aromatic heterocycles. The van der Waals surface area contributed by atoms with Gasteiger partial charge >= 0.3 is 0 Å². The molecule has 1 fully saturated rings. The van der Waals surface area contributed by atoms with Crippen LogP contribution in [0.3, 0.4) is 0 Å². The quantitative estimate of drug-likeness (QED) is 0.673. The predicted molar refractivity (Wildman–Crippen MR) is 64.6 cm³/mol. The van der Waals surface area contributed by atoms with E-state index in [1.807, 2.05) is 12.1 Å². The van der Waals surface area contributed by atoms with Crippen molar-refractivity contribution < 1.29 is 4.74 Å². The second-order valence-electron chi connectivity index (χ2n) is 5.13. The number of benzene rings is 1. The van der Waals surface area contributed by atoms with Crippen molar-refractivity contribution in [2.24, 2.45) is 0 Å². The first-order valence-electron chi connectivity index (χ1n) is 5.93. The van der Waals surface area contributed by atoms with Gasteiger partial charge in [-0.3, -0.25) is 0 Å². The van der Waals surface area contributed by atoms with Crippen molar-refractivity contribution in [1.82, 2.24) is 4.90 Å². The number of piperidine rings is 1. The Morgan fingerprint density at radius 3 is 2.81 bits per heavy atom. The van der Waals surface area contributed by atoms with Crippen LogP contribution in [0.5, 0.6) is 5.75 Å². The summed E-state index contributed by atoms with van der Waals surface area (Å²) in [5.74, 6) is 1.04. The third-order valence-electron chi connectivity index (χ3n) is 3.82. The lowest BCUT2D eigenvalue weighted by atomic mass is 9.87. The lowest BCUT2D eigenvalue weighted by molar-refractivity contribution is 0.0271. The maximum atomic E-state index is 6.16. The zero-order chi connectivity index (χ0) is 11.2. The Morgan fingerprint density at radius 2 is 2.06 bits per heavy atom. The van der Waals surface area contributed by atoms with E-state index in [9.17, 15) is 0 Å². The molecule has 1 saturated heterocycles. The Morgan fingerprint density at radius 1 is 1.31 bits per heavy atom. The first-order chi connectivity index (χ1) is 7.67. The van der Waals surface area contributed by atoms with Crippen LogP contribution in [-0.2, 0) is 6.42 Å². The van der Waals surface area contributed by atoms with Crippen molar-refractivity contribution in [3.8, 4) is 5.75 Å². The topological polar surface area (TPSA) is 38.5 Å². The van der Waals surface area contributed by atoms with E-state index >= 15 is 0 Å². The van der Waals surface area contributed by atoms with Crippen LogP contribution in [0.1, 0.15) is 18.4 Å². The van der Waals surface area contributed by atoms with E-state index < -0.39 is 0 Å². The average molecular weight is 218 g/mol. The minimum atomic E-state index is 0.0582. The van der Waals surface area contributed by atoms with E-state index in [1.54, 1.807) is 0 Å². The largest absolute Gasteiger partial charge is 0.487 e. The molecule has 2 aliphatic heterocycles. The van der Waals surface area contributed by atoms with Gasteiger partial charge in [0.2, 0.25) is 0 Å². The summed E-state index contributed by atoms with van der Waals surface area (Å²) in [6, 6.07) is 5.99. The molecule has 0 unspecified atom stereocenters. The third kappa shape index (κ3) is 1.55. The zero-order valence-electron chi connectivity index (χ0n) is 9.70. The van der Waals surface area contributed by atoms with E-state index in [0.29, 0.717) is 0 Å².